The van der Waals surface area contributed by atoms with Crippen LogP contribution in [0.2, 0.25) is 0 Å². The molecule has 1 aromatic carbocycles. The van der Waals surface area contributed by atoms with Gasteiger partial charge >= 0.3 is 0 Å². The number of aromatic nitrogens is 4. The lowest BCUT2D eigenvalue weighted by atomic mass is 10.2. The van der Waals surface area contributed by atoms with Crippen LogP contribution in [-0.2, 0) is 11.3 Å². The lowest BCUT2D eigenvalue weighted by Gasteiger charge is -2.09. The van der Waals surface area contributed by atoms with Gasteiger partial charge in [0.1, 0.15) is 0 Å². The topological polar surface area (TPSA) is 124 Å². The van der Waals surface area contributed by atoms with Gasteiger partial charge in [0, 0.05) is 19.6 Å². The van der Waals surface area contributed by atoms with Crippen LogP contribution >= 0.6 is 11.8 Å². The third-order valence-corrected chi connectivity index (χ3v) is 5.53. The highest BCUT2D eigenvalue weighted by atomic mass is 32.2. The van der Waals surface area contributed by atoms with Gasteiger partial charge in [-0.15, -0.1) is 16.8 Å². The summed E-state index contributed by atoms with van der Waals surface area (Å²) in [5, 5.41) is 14.8. The first-order valence-corrected chi connectivity index (χ1v) is 10.8. The standard InChI is InChI=1S/C21H20N6O4S/c1-2-11-26-19(30)14-6-3-4-7-15(14)27-20(26)24-25-21(27)32-13-17(28)22-9-10-23-18(29)16-8-5-12-31-16/h2-8,12H,1,9-11,13H2,(H,22,28)(H,23,29). The van der Waals surface area contributed by atoms with Gasteiger partial charge in [0.25, 0.3) is 11.5 Å². The highest BCUT2D eigenvalue weighted by molar-refractivity contribution is 7.99. The summed E-state index contributed by atoms with van der Waals surface area (Å²) in [6, 6.07) is 10.4. The van der Waals surface area contributed by atoms with Crippen molar-refractivity contribution in [1.29, 1.82) is 0 Å². The minimum atomic E-state index is -0.342. The Hall–Kier alpha value is -3.86. The summed E-state index contributed by atoms with van der Waals surface area (Å²) in [6.07, 6.45) is 3.04. The maximum Gasteiger partial charge on any atom is 0.287 e. The molecule has 0 saturated heterocycles. The molecule has 0 bridgehead atoms. The van der Waals surface area contributed by atoms with E-state index in [1.54, 1.807) is 34.7 Å². The van der Waals surface area contributed by atoms with Gasteiger partial charge in [0.15, 0.2) is 10.9 Å². The van der Waals surface area contributed by atoms with Crippen molar-refractivity contribution >= 4 is 40.3 Å². The molecule has 0 unspecified atom stereocenters. The molecule has 3 heterocycles. The zero-order valence-corrected chi connectivity index (χ0v) is 17.8. The molecule has 4 aromatic rings. The summed E-state index contributed by atoms with van der Waals surface area (Å²) >= 11 is 1.21. The molecule has 0 aliphatic carbocycles. The molecule has 10 nitrogen and oxygen atoms in total. The number of allylic oxidation sites excluding steroid dienone is 1. The van der Waals surface area contributed by atoms with Crippen LogP contribution in [0.4, 0.5) is 0 Å². The van der Waals surface area contributed by atoms with Gasteiger partial charge in [-0.25, -0.2) is 0 Å². The summed E-state index contributed by atoms with van der Waals surface area (Å²) in [5.41, 5.74) is 0.493. The quantitative estimate of drug-likeness (QED) is 0.224. The van der Waals surface area contributed by atoms with Crippen molar-refractivity contribution in [1.82, 2.24) is 29.8 Å². The van der Waals surface area contributed by atoms with Crippen molar-refractivity contribution < 1.29 is 14.0 Å². The summed E-state index contributed by atoms with van der Waals surface area (Å²) in [5.74, 6) is 0.139. The Bertz CT molecular complexity index is 1340. The molecule has 0 fully saturated rings. The van der Waals surface area contributed by atoms with E-state index in [1.807, 2.05) is 12.1 Å². The van der Waals surface area contributed by atoms with Crippen LogP contribution in [0.5, 0.6) is 0 Å². The zero-order valence-electron chi connectivity index (χ0n) is 17.0. The fourth-order valence-corrected chi connectivity index (χ4v) is 3.94. The second-order valence-electron chi connectivity index (χ2n) is 6.71. The lowest BCUT2D eigenvalue weighted by Crippen LogP contribution is -2.35. The largest absolute Gasteiger partial charge is 0.459 e. The predicted octanol–water partition coefficient (Wildman–Crippen LogP) is 1.46. The molecule has 0 radical (unpaired) electrons. The molecular formula is C21H20N6O4S. The van der Waals surface area contributed by atoms with E-state index < -0.39 is 0 Å². The van der Waals surface area contributed by atoms with Crippen LogP contribution in [0.15, 0.2) is 69.7 Å². The number of rotatable bonds is 9. The summed E-state index contributed by atoms with van der Waals surface area (Å²) in [6.45, 7) is 4.53. The fourth-order valence-electron chi connectivity index (χ4n) is 3.17. The number of carbonyl (C=O) groups excluding carboxylic acids is 2. The van der Waals surface area contributed by atoms with Crippen molar-refractivity contribution in [2.45, 2.75) is 11.7 Å². The minimum Gasteiger partial charge on any atom is -0.459 e. The number of furan rings is 1. The first kappa shape index (κ1) is 21.4. The third-order valence-electron chi connectivity index (χ3n) is 4.60. The van der Waals surface area contributed by atoms with Crippen LogP contribution < -0.4 is 16.2 Å². The molecule has 0 spiro atoms. The first-order valence-electron chi connectivity index (χ1n) is 9.79. The van der Waals surface area contributed by atoms with E-state index in [0.717, 1.165) is 0 Å². The average Bonchev–Trinajstić information content (AvgIpc) is 3.48. The highest BCUT2D eigenvalue weighted by Crippen LogP contribution is 2.21. The molecule has 0 saturated carbocycles. The number of thioether (sulfide) groups is 1. The van der Waals surface area contributed by atoms with Crippen molar-refractivity contribution in [2.75, 3.05) is 18.8 Å². The third kappa shape index (κ3) is 4.28. The molecule has 0 atom stereocenters. The number of hydrogen-bond donors (Lipinski definition) is 2. The Morgan fingerprint density at radius 1 is 1.12 bits per heavy atom. The monoisotopic (exact) mass is 452 g/mol. The Balaban J connectivity index is 1.42. The lowest BCUT2D eigenvalue weighted by molar-refractivity contribution is -0.118. The number of hydrogen-bond acceptors (Lipinski definition) is 7. The van der Waals surface area contributed by atoms with Gasteiger partial charge in [-0.05, 0) is 24.3 Å². The van der Waals surface area contributed by atoms with Crippen molar-refractivity contribution in [3.63, 3.8) is 0 Å². The minimum absolute atomic E-state index is 0.0990. The normalized spacial score (nSPS) is 11.0. The van der Waals surface area contributed by atoms with Crippen LogP contribution in [0.1, 0.15) is 10.6 Å². The fraction of sp³-hybridized carbons (Fsp3) is 0.190. The number of carbonyl (C=O) groups is 2. The molecule has 0 aliphatic heterocycles. The van der Waals surface area contributed by atoms with Crippen LogP contribution in [0.3, 0.4) is 0 Å². The number of fused-ring (bicyclic) bond motifs is 3. The van der Waals surface area contributed by atoms with Crippen LogP contribution in [0.25, 0.3) is 16.7 Å². The predicted molar refractivity (Wildman–Crippen MR) is 120 cm³/mol. The van der Waals surface area contributed by atoms with E-state index in [9.17, 15) is 14.4 Å². The smallest absolute Gasteiger partial charge is 0.287 e. The van der Waals surface area contributed by atoms with Gasteiger partial charge in [0.05, 0.1) is 22.9 Å². The molecule has 164 valence electrons. The molecule has 11 heteroatoms. The Morgan fingerprint density at radius 3 is 2.72 bits per heavy atom. The number of para-hydroxylation sites is 1. The Kier molecular flexibility index (Phi) is 6.36. The van der Waals surface area contributed by atoms with Gasteiger partial charge in [-0.1, -0.05) is 30.0 Å². The maximum atomic E-state index is 12.8. The number of nitrogens with one attached hydrogen (secondary N) is 2. The number of amides is 2. The van der Waals surface area contributed by atoms with Crippen LogP contribution in [0, 0.1) is 0 Å². The summed E-state index contributed by atoms with van der Waals surface area (Å²) in [4.78, 5) is 36.8. The van der Waals surface area contributed by atoms with E-state index in [-0.39, 0.29) is 42.0 Å². The van der Waals surface area contributed by atoms with Crippen LogP contribution in [-0.4, -0.2) is 49.8 Å². The SMILES string of the molecule is C=CCn1c(=O)c2ccccc2n2c(SCC(=O)NCCNC(=O)c3ccco3)nnc12. The highest BCUT2D eigenvalue weighted by Gasteiger charge is 2.17. The van der Waals surface area contributed by atoms with E-state index in [1.165, 1.54) is 22.6 Å². The molecule has 0 aliphatic rings. The second kappa shape index (κ2) is 9.52. The maximum absolute atomic E-state index is 12.8. The Labute approximate surface area is 186 Å². The van der Waals surface area contributed by atoms with E-state index in [0.29, 0.717) is 28.4 Å². The van der Waals surface area contributed by atoms with E-state index >= 15 is 0 Å². The number of benzene rings is 1. The number of nitrogens with zero attached hydrogens (tertiary/aromatic N) is 4. The van der Waals surface area contributed by atoms with Crippen molar-refractivity contribution in [2.24, 2.45) is 0 Å². The molecular weight excluding hydrogens is 432 g/mol. The van der Waals surface area contributed by atoms with Gasteiger partial charge in [-0.3, -0.25) is 23.4 Å². The van der Waals surface area contributed by atoms with Gasteiger partial charge < -0.3 is 15.1 Å². The Morgan fingerprint density at radius 2 is 1.94 bits per heavy atom. The molecule has 4 rings (SSSR count). The first-order chi connectivity index (χ1) is 15.6. The molecule has 2 amide bonds. The van der Waals surface area contributed by atoms with Gasteiger partial charge in [-0.2, -0.15) is 0 Å². The van der Waals surface area contributed by atoms with E-state index in [4.69, 9.17) is 4.42 Å². The second-order valence-corrected chi connectivity index (χ2v) is 7.65. The molecule has 32 heavy (non-hydrogen) atoms. The zero-order chi connectivity index (χ0) is 22.5. The van der Waals surface area contributed by atoms with Crippen molar-refractivity contribution in [3.05, 3.63) is 71.4 Å². The van der Waals surface area contributed by atoms with Crippen molar-refractivity contribution in [3.8, 4) is 0 Å². The summed E-state index contributed by atoms with van der Waals surface area (Å²) in [7, 11) is 0. The average molecular weight is 452 g/mol. The summed E-state index contributed by atoms with van der Waals surface area (Å²) < 4.78 is 8.27. The van der Waals surface area contributed by atoms with Gasteiger partial charge in [0.2, 0.25) is 11.7 Å². The molecule has 2 N–H and O–H groups in total. The van der Waals surface area contributed by atoms with E-state index in [2.05, 4.69) is 27.4 Å². The molecule has 3 aromatic heterocycles.